The number of carbonyl (C=O) groups excluding carboxylic acids is 1. The molecule has 1 amide bonds. The van der Waals surface area contributed by atoms with Gasteiger partial charge in [0.2, 0.25) is 5.91 Å². The van der Waals surface area contributed by atoms with Gasteiger partial charge in [0.25, 0.3) is 10.0 Å². The van der Waals surface area contributed by atoms with E-state index in [1.54, 1.807) is 36.4 Å². The third-order valence-corrected chi connectivity index (χ3v) is 6.89. The minimum atomic E-state index is -4.11. The highest BCUT2D eigenvalue weighted by molar-refractivity contribution is 7.92. The number of para-hydroxylation sites is 2. The van der Waals surface area contributed by atoms with Gasteiger partial charge in [-0.3, -0.25) is 9.10 Å². The van der Waals surface area contributed by atoms with E-state index < -0.39 is 34.4 Å². The summed E-state index contributed by atoms with van der Waals surface area (Å²) < 4.78 is 52.4. The number of benzene rings is 3. The van der Waals surface area contributed by atoms with Crippen molar-refractivity contribution in [2.45, 2.75) is 17.9 Å². The summed E-state index contributed by atoms with van der Waals surface area (Å²) in [7, 11) is -4.11. The molecule has 172 valence electrons. The number of amides is 1. The van der Waals surface area contributed by atoms with Crippen LogP contribution >= 0.6 is 0 Å². The van der Waals surface area contributed by atoms with Crippen molar-refractivity contribution >= 4 is 21.6 Å². The molecule has 1 unspecified atom stereocenters. The Kier molecular flexibility index (Phi) is 6.50. The maximum atomic E-state index is 13.3. The topological polar surface area (TPSA) is 84.9 Å². The Labute approximate surface area is 191 Å². The number of sulfonamides is 1. The monoisotopic (exact) mass is 470 g/mol. The predicted molar refractivity (Wildman–Crippen MR) is 121 cm³/mol. The molecule has 1 aliphatic rings. The number of aryl methyl sites for hydroxylation is 1. The standard InChI is InChI=1S/C24H23FN2O5S/c1-17-6-10-19(11-7-17)27(33(29,30)21-12-8-18(25)9-13-21)15-24(28)26-14-20-16-31-22-4-2-3-5-23(22)32-20/h2-13,20H,14-16H2,1H3,(H,26,28). The largest absolute Gasteiger partial charge is 0.486 e. The lowest BCUT2D eigenvalue weighted by atomic mass is 10.2. The maximum Gasteiger partial charge on any atom is 0.264 e. The Morgan fingerprint density at radius 2 is 1.70 bits per heavy atom. The SMILES string of the molecule is Cc1ccc(N(CC(=O)NCC2COc3ccccc3O2)S(=O)(=O)c2ccc(F)cc2)cc1. The summed E-state index contributed by atoms with van der Waals surface area (Å²) in [5, 5.41) is 2.72. The lowest BCUT2D eigenvalue weighted by Crippen LogP contribution is -2.45. The zero-order valence-electron chi connectivity index (χ0n) is 17.9. The van der Waals surface area contributed by atoms with Gasteiger partial charge in [-0.05, 0) is 55.5 Å². The van der Waals surface area contributed by atoms with Gasteiger partial charge in [0.05, 0.1) is 17.1 Å². The van der Waals surface area contributed by atoms with Crippen molar-refractivity contribution in [2.75, 3.05) is 24.0 Å². The number of halogens is 1. The van der Waals surface area contributed by atoms with Crippen molar-refractivity contribution in [3.63, 3.8) is 0 Å². The molecule has 1 N–H and O–H groups in total. The fourth-order valence-electron chi connectivity index (χ4n) is 3.34. The molecule has 0 aromatic heterocycles. The molecule has 1 atom stereocenters. The lowest BCUT2D eigenvalue weighted by molar-refractivity contribution is -0.120. The zero-order valence-corrected chi connectivity index (χ0v) is 18.7. The van der Waals surface area contributed by atoms with Crippen LogP contribution in [0.5, 0.6) is 11.5 Å². The molecule has 0 bridgehead atoms. The molecule has 3 aromatic rings. The number of hydrogen-bond acceptors (Lipinski definition) is 5. The fourth-order valence-corrected chi connectivity index (χ4v) is 4.76. The van der Waals surface area contributed by atoms with Crippen LogP contribution in [0.25, 0.3) is 0 Å². The lowest BCUT2D eigenvalue weighted by Gasteiger charge is -2.27. The summed E-state index contributed by atoms with van der Waals surface area (Å²) in [6.07, 6.45) is -0.412. The van der Waals surface area contributed by atoms with Crippen molar-refractivity contribution in [1.82, 2.24) is 5.32 Å². The molecule has 0 radical (unpaired) electrons. The average molecular weight is 471 g/mol. The fraction of sp³-hybridized carbons (Fsp3) is 0.208. The van der Waals surface area contributed by atoms with Gasteiger partial charge in [0.1, 0.15) is 25.1 Å². The first-order chi connectivity index (χ1) is 15.8. The molecule has 0 saturated carbocycles. The highest BCUT2D eigenvalue weighted by atomic mass is 32.2. The second-order valence-corrected chi connectivity index (χ2v) is 9.47. The molecule has 0 fully saturated rings. The second kappa shape index (κ2) is 9.50. The maximum absolute atomic E-state index is 13.3. The average Bonchev–Trinajstić information content (AvgIpc) is 2.82. The first-order valence-corrected chi connectivity index (χ1v) is 11.8. The number of rotatable bonds is 7. The Hall–Kier alpha value is -3.59. The van der Waals surface area contributed by atoms with Crippen molar-refractivity contribution in [3.8, 4) is 11.5 Å². The van der Waals surface area contributed by atoms with E-state index in [9.17, 15) is 17.6 Å². The number of hydrogen-bond donors (Lipinski definition) is 1. The number of ether oxygens (including phenoxy) is 2. The molecule has 33 heavy (non-hydrogen) atoms. The van der Waals surface area contributed by atoms with E-state index in [1.807, 2.05) is 19.1 Å². The zero-order chi connectivity index (χ0) is 23.4. The van der Waals surface area contributed by atoms with Gasteiger partial charge in [-0.25, -0.2) is 12.8 Å². The van der Waals surface area contributed by atoms with E-state index in [0.717, 1.165) is 22.0 Å². The van der Waals surface area contributed by atoms with Crippen LogP contribution in [-0.4, -0.2) is 40.1 Å². The van der Waals surface area contributed by atoms with Crippen molar-refractivity contribution < 1.29 is 27.1 Å². The predicted octanol–water partition coefficient (Wildman–Crippen LogP) is 3.29. The van der Waals surface area contributed by atoms with Gasteiger partial charge in [0, 0.05) is 0 Å². The van der Waals surface area contributed by atoms with Crippen LogP contribution < -0.4 is 19.1 Å². The third kappa shape index (κ3) is 5.25. The summed E-state index contributed by atoms with van der Waals surface area (Å²) in [6.45, 7) is 1.82. The second-order valence-electron chi connectivity index (χ2n) is 7.60. The minimum Gasteiger partial charge on any atom is -0.486 e. The molecule has 1 heterocycles. The number of carbonyl (C=O) groups is 1. The molecule has 0 saturated heterocycles. The van der Waals surface area contributed by atoms with Crippen LogP contribution in [0, 0.1) is 12.7 Å². The van der Waals surface area contributed by atoms with Gasteiger partial charge >= 0.3 is 0 Å². The quantitative estimate of drug-likeness (QED) is 0.573. The van der Waals surface area contributed by atoms with Crippen LogP contribution in [0.15, 0.2) is 77.7 Å². The van der Waals surface area contributed by atoms with Crippen molar-refractivity contribution in [1.29, 1.82) is 0 Å². The molecule has 7 nitrogen and oxygen atoms in total. The summed E-state index contributed by atoms with van der Waals surface area (Å²) in [4.78, 5) is 12.6. The van der Waals surface area contributed by atoms with Gasteiger partial charge in [0.15, 0.2) is 11.5 Å². The van der Waals surface area contributed by atoms with Crippen LogP contribution in [-0.2, 0) is 14.8 Å². The van der Waals surface area contributed by atoms with E-state index in [0.29, 0.717) is 17.2 Å². The van der Waals surface area contributed by atoms with E-state index >= 15 is 0 Å². The number of anilines is 1. The first-order valence-electron chi connectivity index (χ1n) is 10.3. The third-order valence-electron chi connectivity index (χ3n) is 5.11. The van der Waals surface area contributed by atoms with Gasteiger partial charge in [-0.1, -0.05) is 29.8 Å². The van der Waals surface area contributed by atoms with E-state index in [4.69, 9.17) is 9.47 Å². The number of nitrogens with zero attached hydrogens (tertiary/aromatic N) is 1. The smallest absolute Gasteiger partial charge is 0.264 e. The van der Waals surface area contributed by atoms with Gasteiger partial charge < -0.3 is 14.8 Å². The highest BCUT2D eigenvalue weighted by Crippen LogP contribution is 2.30. The molecule has 0 aliphatic carbocycles. The molecular formula is C24H23FN2O5S. The van der Waals surface area contributed by atoms with Crippen LogP contribution in [0.4, 0.5) is 10.1 Å². The Balaban J connectivity index is 1.49. The van der Waals surface area contributed by atoms with Crippen LogP contribution in [0.2, 0.25) is 0 Å². The van der Waals surface area contributed by atoms with E-state index in [2.05, 4.69) is 5.32 Å². The van der Waals surface area contributed by atoms with Crippen molar-refractivity contribution in [3.05, 3.63) is 84.2 Å². The molecule has 9 heteroatoms. The van der Waals surface area contributed by atoms with E-state index in [-0.39, 0.29) is 18.0 Å². The Morgan fingerprint density at radius 3 is 2.39 bits per heavy atom. The minimum absolute atomic E-state index is 0.113. The molecule has 3 aromatic carbocycles. The molecule has 1 aliphatic heterocycles. The molecule has 4 rings (SSSR count). The van der Waals surface area contributed by atoms with Gasteiger partial charge in [-0.15, -0.1) is 0 Å². The Morgan fingerprint density at radius 1 is 1.03 bits per heavy atom. The highest BCUT2D eigenvalue weighted by Gasteiger charge is 2.28. The molecule has 0 spiro atoms. The number of fused-ring (bicyclic) bond motifs is 1. The first kappa shape index (κ1) is 22.6. The summed E-state index contributed by atoms with van der Waals surface area (Å²) in [6, 6.07) is 18.5. The molecular weight excluding hydrogens is 447 g/mol. The summed E-state index contributed by atoms with van der Waals surface area (Å²) >= 11 is 0. The summed E-state index contributed by atoms with van der Waals surface area (Å²) in [5.41, 5.74) is 1.27. The van der Waals surface area contributed by atoms with Crippen LogP contribution in [0.3, 0.4) is 0 Å². The number of nitrogens with one attached hydrogen (secondary N) is 1. The summed E-state index contributed by atoms with van der Waals surface area (Å²) in [5.74, 6) is 0.160. The van der Waals surface area contributed by atoms with Gasteiger partial charge in [-0.2, -0.15) is 0 Å². The normalized spacial score (nSPS) is 15.0. The van der Waals surface area contributed by atoms with E-state index in [1.165, 1.54) is 12.1 Å². The van der Waals surface area contributed by atoms with Crippen molar-refractivity contribution in [2.24, 2.45) is 0 Å². The van der Waals surface area contributed by atoms with Crippen LogP contribution in [0.1, 0.15) is 5.56 Å². The Bertz CT molecular complexity index is 1230.